The minimum Gasteiger partial charge on any atom is -0.370 e. The summed E-state index contributed by atoms with van der Waals surface area (Å²) >= 11 is 3.42. The predicted octanol–water partition coefficient (Wildman–Crippen LogP) is 2.34. The van der Waals surface area contributed by atoms with Crippen molar-refractivity contribution in [2.24, 2.45) is 7.05 Å². The van der Waals surface area contributed by atoms with Crippen LogP contribution in [0.5, 0.6) is 0 Å². The van der Waals surface area contributed by atoms with Gasteiger partial charge in [0.2, 0.25) is 0 Å². The van der Waals surface area contributed by atoms with E-state index in [0.29, 0.717) is 4.60 Å². The van der Waals surface area contributed by atoms with Crippen LogP contribution in [0, 0.1) is 6.92 Å². The van der Waals surface area contributed by atoms with Crippen molar-refractivity contribution < 1.29 is 0 Å². The first-order chi connectivity index (χ1) is 9.08. The zero-order chi connectivity index (χ0) is 14.0. The van der Waals surface area contributed by atoms with Gasteiger partial charge in [-0.25, -0.2) is 14.6 Å². The topological polar surface area (TPSA) is 68.5 Å². The number of rotatable bonds is 4. The standard InChI is InChI=1S/C12H17BrN6/c1-5-8-15-9(7(3)12(16-8)14-6-2)10-11(13)17-18-19(10)4/h5-6H2,1-4H3,(H,14,15,16). The largest absolute Gasteiger partial charge is 0.370 e. The van der Waals surface area contributed by atoms with Crippen molar-refractivity contribution in [3.05, 3.63) is 16.0 Å². The summed E-state index contributed by atoms with van der Waals surface area (Å²) in [5.41, 5.74) is 2.74. The molecule has 102 valence electrons. The Morgan fingerprint density at radius 1 is 1.26 bits per heavy atom. The van der Waals surface area contributed by atoms with Gasteiger partial charge in [0.1, 0.15) is 17.3 Å². The lowest BCUT2D eigenvalue weighted by Crippen LogP contribution is -2.09. The first-order valence-electron chi connectivity index (χ1n) is 6.25. The van der Waals surface area contributed by atoms with Gasteiger partial charge in [-0.2, -0.15) is 0 Å². The van der Waals surface area contributed by atoms with Crippen LogP contribution in [0.3, 0.4) is 0 Å². The summed E-state index contributed by atoms with van der Waals surface area (Å²) in [5, 5.41) is 11.3. The number of aryl methyl sites for hydroxylation is 2. The third-order valence-electron chi connectivity index (χ3n) is 2.86. The molecule has 0 atom stereocenters. The third kappa shape index (κ3) is 2.60. The number of anilines is 1. The van der Waals surface area contributed by atoms with Crippen molar-refractivity contribution in [1.82, 2.24) is 25.0 Å². The number of hydrogen-bond donors (Lipinski definition) is 1. The van der Waals surface area contributed by atoms with Crippen LogP contribution >= 0.6 is 15.9 Å². The Kier molecular flexibility index (Phi) is 4.14. The molecule has 2 heterocycles. The summed E-state index contributed by atoms with van der Waals surface area (Å²) in [4.78, 5) is 9.14. The van der Waals surface area contributed by atoms with Crippen molar-refractivity contribution in [3.63, 3.8) is 0 Å². The molecule has 0 amide bonds. The first kappa shape index (κ1) is 13.9. The van der Waals surface area contributed by atoms with Crippen LogP contribution in [0.4, 0.5) is 5.82 Å². The molecule has 0 spiro atoms. The van der Waals surface area contributed by atoms with Gasteiger partial charge in [0.15, 0.2) is 4.60 Å². The maximum absolute atomic E-state index is 4.62. The van der Waals surface area contributed by atoms with Crippen molar-refractivity contribution in [2.45, 2.75) is 27.2 Å². The Balaban J connectivity index is 2.65. The molecule has 0 unspecified atom stereocenters. The Labute approximate surface area is 120 Å². The second-order valence-electron chi connectivity index (χ2n) is 4.20. The van der Waals surface area contributed by atoms with Crippen LogP contribution < -0.4 is 5.32 Å². The van der Waals surface area contributed by atoms with E-state index >= 15 is 0 Å². The van der Waals surface area contributed by atoms with Crippen molar-refractivity contribution in [2.75, 3.05) is 11.9 Å². The maximum Gasteiger partial charge on any atom is 0.157 e. The highest BCUT2D eigenvalue weighted by molar-refractivity contribution is 9.10. The SMILES string of the molecule is CCNc1nc(CC)nc(-c2c(Br)nnn2C)c1C. The molecule has 0 aliphatic carbocycles. The van der Waals surface area contributed by atoms with Gasteiger partial charge < -0.3 is 5.32 Å². The zero-order valence-corrected chi connectivity index (χ0v) is 13.1. The highest BCUT2D eigenvalue weighted by atomic mass is 79.9. The van der Waals surface area contributed by atoms with Gasteiger partial charge in [-0.1, -0.05) is 12.1 Å². The predicted molar refractivity (Wildman–Crippen MR) is 78.0 cm³/mol. The molecule has 0 aliphatic rings. The molecule has 0 radical (unpaired) electrons. The second kappa shape index (κ2) is 5.64. The molecule has 7 heteroatoms. The Hall–Kier alpha value is -1.50. The van der Waals surface area contributed by atoms with E-state index in [9.17, 15) is 0 Å². The van der Waals surface area contributed by atoms with Crippen LogP contribution in [-0.2, 0) is 13.5 Å². The smallest absolute Gasteiger partial charge is 0.157 e. The molecule has 0 bridgehead atoms. The molecule has 0 fully saturated rings. The van der Waals surface area contributed by atoms with E-state index in [2.05, 4.69) is 41.5 Å². The van der Waals surface area contributed by atoms with Crippen LogP contribution in [0.25, 0.3) is 11.4 Å². The zero-order valence-electron chi connectivity index (χ0n) is 11.5. The minimum atomic E-state index is 0.696. The van der Waals surface area contributed by atoms with Gasteiger partial charge in [0, 0.05) is 25.6 Å². The van der Waals surface area contributed by atoms with Gasteiger partial charge in [-0.15, -0.1) is 5.10 Å². The molecule has 1 N–H and O–H groups in total. The average Bonchev–Trinajstić information content (AvgIpc) is 2.72. The van der Waals surface area contributed by atoms with Crippen LogP contribution in [0.2, 0.25) is 0 Å². The fraction of sp³-hybridized carbons (Fsp3) is 0.500. The molecule has 2 rings (SSSR count). The first-order valence-corrected chi connectivity index (χ1v) is 7.04. The normalized spacial score (nSPS) is 10.8. The van der Waals surface area contributed by atoms with Gasteiger partial charge in [-0.3, -0.25) is 0 Å². The summed E-state index contributed by atoms with van der Waals surface area (Å²) in [6.45, 7) is 6.92. The van der Waals surface area contributed by atoms with Crippen molar-refractivity contribution in [1.29, 1.82) is 0 Å². The van der Waals surface area contributed by atoms with Gasteiger partial charge in [0.05, 0.1) is 5.69 Å². The molecule has 0 saturated heterocycles. The number of nitrogens with zero attached hydrogens (tertiary/aromatic N) is 5. The van der Waals surface area contributed by atoms with Gasteiger partial charge in [0.25, 0.3) is 0 Å². The highest BCUT2D eigenvalue weighted by Gasteiger charge is 2.18. The molecular formula is C12H17BrN6. The minimum absolute atomic E-state index is 0.696. The van der Waals surface area contributed by atoms with Gasteiger partial charge in [-0.05, 0) is 29.8 Å². The van der Waals surface area contributed by atoms with E-state index in [1.165, 1.54) is 0 Å². The Morgan fingerprint density at radius 2 is 2.00 bits per heavy atom. The lowest BCUT2D eigenvalue weighted by Gasteiger charge is -2.12. The fourth-order valence-electron chi connectivity index (χ4n) is 1.87. The van der Waals surface area contributed by atoms with E-state index in [1.54, 1.807) is 4.68 Å². The number of halogens is 1. The summed E-state index contributed by atoms with van der Waals surface area (Å²) in [6, 6.07) is 0. The molecule has 0 saturated carbocycles. The molecule has 0 aliphatic heterocycles. The van der Waals surface area contributed by atoms with Gasteiger partial charge >= 0.3 is 0 Å². The lowest BCUT2D eigenvalue weighted by molar-refractivity contribution is 0.717. The fourth-order valence-corrected chi connectivity index (χ4v) is 2.39. The highest BCUT2D eigenvalue weighted by Crippen LogP contribution is 2.29. The quantitative estimate of drug-likeness (QED) is 0.934. The maximum atomic E-state index is 4.62. The van der Waals surface area contributed by atoms with Crippen LogP contribution in [-0.4, -0.2) is 31.5 Å². The van der Waals surface area contributed by atoms with Crippen LogP contribution in [0.1, 0.15) is 25.2 Å². The molecule has 2 aromatic rings. The summed E-state index contributed by atoms with van der Waals surface area (Å²) in [6.07, 6.45) is 0.786. The monoisotopic (exact) mass is 324 g/mol. The molecule has 19 heavy (non-hydrogen) atoms. The molecule has 2 aromatic heterocycles. The number of nitrogens with one attached hydrogen (secondary N) is 1. The molecular weight excluding hydrogens is 308 g/mol. The van der Waals surface area contributed by atoms with Crippen LogP contribution in [0.15, 0.2) is 4.60 Å². The van der Waals surface area contributed by atoms with E-state index in [0.717, 1.165) is 41.6 Å². The van der Waals surface area contributed by atoms with E-state index in [4.69, 9.17) is 0 Å². The third-order valence-corrected chi connectivity index (χ3v) is 3.40. The summed E-state index contributed by atoms with van der Waals surface area (Å²) < 4.78 is 2.41. The van der Waals surface area contributed by atoms with Crippen molar-refractivity contribution in [3.8, 4) is 11.4 Å². The molecule has 0 aromatic carbocycles. The number of hydrogen-bond acceptors (Lipinski definition) is 5. The van der Waals surface area contributed by atoms with E-state index in [1.807, 2.05) is 27.8 Å². The van der Waals surface area contributed by atoms with E-state index < -0.39 is 0 Å². The summed E-state index contributed by atoms with van der Waals surface area (Å²) in [5.74, 6) is 1.68. The lowest BCUT2D eigenvalue weighted by atomic mass is 10.1. The van der Waals surface area contributed by atoms with Crippen molar-refractivity contribution >= 4 is 21.7 Å². The van der Waals surface area contributed by atoms with E-state index in [-0.39, 0.29) is 0 Å². The summed E-state index contributed by atoms with van der Waals surface area (Å²) in [7, 11) is 1.85. The molecule has 6 nitrogen and oxygen atoms in total. The Bertz CT molecular complexity index is 573. The second-order valence-corrected chi connectivity index (χ2v) is 4.95. The number of aromatic nitrogens is 5. The Morgan fingerprint density at radius 3 is 2.53 bits per heavy atom. The average molecular weight is 325 g/mol.